The number of aryl methyl sites for hydroxylation is 1. The monoisotopic (exact) mass is 503 g/mol. The van der Waals surface area contributed by atoms with Crippen molar-refractivity contribution in [2.45, 2.75) is 38.9 Å². The number of rotatable bonds is 6. The van der Waals surface area contributed by atoms with E-state index in [0.717, 1.165) is 17.3 Å². The zero-order chi connectivity index (χ0) is 22.9. The number of unbranched alkanes of at least 4 members (excludes halogenated alkanes) is 1. The van der Waals surface area contributed by atoms with E-state index < -0.39 is 17.3 Å². The minimum atomic E-state index is -4.65. The Labute approximate surface area is 189 Å². The lowest BCUT2D eigenvalue weighted by Crippen LogP contribution is -2.09. The molecule has 4 rings (SSSR count). The van der Waals surface area contributed by atoms with Crippen molar-refractivity contribution in [3.05, 3.63) is 63.8 Å². The van der Waals surface area contributed by atoms with Crippen LogP contribution in [0.4, 0.5) is 13.2 Å². The summed E-state index contributed by atoms with van der Waals surface area (Å²) in [4.78, 5) is 4.07. The van der Waals surface area contributed by atoms with Gasteiger partial charge in [0.25, 0.3) is 0 Å². The quantitative estimate of drug-likeness (QED) is 0.316. The molecular formula is C22H17BrF3N5O. The van der Waals surface area contributed by atoms with Crippen molar-refractivity contribution in [1.29, 1.82) is 5.26 Å². The normalized spacial score (nSPS) is 11.8. The van der Waals surface area contributed by atoms with Gasteiger partial charge in [0.15, 0.2) is 0 Å². The Morgan fingerprint density at radius 1 is 1.19 bits per heavy atom. The van der Waals surface area contributed by atoms with Gasteiger partial charge in [0, 0.05) is 33.5 Å². The molecule has 0 saturated carbocycles. The van der Waals surface area contributed by atoms with Gasteiger partial charge in [0.2, 0.25) is 11.8 Å². The molecule has 0 amide bonds. The molecule has 0 aliphatic heterocycles. The summed E-state index contributed by atoms with van der Waals surface area (Å²) in [5, 5.41) is 17.3. The number of alkyl halides is 3. The summed E-state index contributed by atoms with van der Waals surface area (Å²) in [5.74, 6) is 0.524. The first-order valence-electron chi connectivity index (χ1n) is 9.87. The molecule has 3 heterocycles. The van der Waals surface area contributed by atoms with Crippen LogP contribution < -0.4 is 0 Å². The fraction of sp³-hybridized carbons (Fsp3) is 0.273. The molecule has 0 aliphatic rings. The van der Waals surface area contributed by atoms with E-state index in [-0.39, 0.29) is 23.7 Å². The summed E-state index contributed by atoms with van der Waals surface area (Å²) < 4.78 is 49.7. The Bertz CT molecular complexity index is 1320. The fourth-order valence-electron chi connectivity index (χ4n) is 3.64. The summed E-state index contributed by atoms with van der Waals surface area (Å²) in [6, 6.07) is 7.70. The summed E-state index contributed by atoms with van der Waals surface area (Å²) in [6.45, 7) is 2.12. The van der Waals surface area contributed by atoms with Crippen LogP contribution in [0.1, 0.15) is 42.5 Å². The third kappa shape index (κ3) is 4.25. The molecule has 6 nitrogen and oxygen atoms in total. The lowest BCUT2D eigenvalue weighted by atomic mass is 10.0. The van der Waals surface area contributed by atoms with Crippen LogP contribution in [0.5, 0.6) is 0 Å². The first kappa shape index (κ1) is 22.0. The molecule has 1 aromatic carbocycles. The summed E-state index contributed by atoms with van der Waals surface area (Å²) in [6.07, 6.45) is 0.837. The first-order valence-corrected chi connectivity index (χ1v) is 10.7. The van der Waals surface area contributed by atoms with Gasteiger partial charge in [-0.2, -0.15) is 18.4 Å². The minimum Gasteiger partial charge on any atom is -0.419 e. The maximum Gasteiger partial charge on any atom is 0.418 e. The molecule has 0 saturated heterocycles. The molecule has 0 aliphatic carbocycles. The fourth-order valence-corrected chi connectivity index (χ4v) is 4.00. The van der Waals surface area contributed by atoms with Crippen LogP contribution in [0.3, 0.4) is 0 Å². The zero-order valence-electron chi connectivity index (χ0n) is 16.9. The molecule has 3 aromatic heterocycles. The average Bonchev–Trinajstić information content (AvgIpc) is 3.36. The van der Waals surface area contributed by atoms with Crippen molar-refractivity contribution in [2.75, 3.05) is 0 Å². The van der Waals surface area contributed by atoms with Crippen LogP contribution in [-0.2, 0) is 19.1 Å². The molecular weight excluding hydrogens is 487 g/mol. The highest BCUT2D eigenvalue weighted by Gasteiger charge is 2.36. The molecule has 4 aromatic rings. The Kier molecular flexibility index (Phi) is 6.02. The van der Waals surface area contributed by atoms with Crippen LogP contribution in [0.15, 0.2) is 45.5 Å². The predicted octanol–water partition coefficient (Wildman–Crippen LogP) is 6.13. The smallest absolute Gasteiger partial charge is 0.418 e. The van der Waals surface area contributed by atoms with E-state index in [4.69, 9.17) is 4.42 Å². The molecule has 0 unspecified atom stereocenters. The van der Waals surface area contributed by atoms with Crippen molar-refractivity contribution < 1.29 is 17.6 Å². The van der Waals surface area contributed by atoms with Gasteiger partial charge >= 0.3 is 6.18 Å². The Hall–Kier alpha value is -3.19. The number of benzene rings is 1. The zero-order valence-corrected chi connectivity index (χ0v) is 18.5. The largest absolute Gasteiger partial charge is 0.419 e. The van der Waals surface area contributed by atoms with Crippen LogP contribution >= 0.6 is 15.9 Å². The van der Waals surface area contributed by atoms with Gasteiger partial charge in [-0.05, 0) is 53.0 Å². The Morgan fingerprint density at radius 3 is 2.69 bits per heavy atom. The van der Waals surface area contributed by atoms with Gasteiger partial charge in [0.1, 0.15) is 6.54 Å². The van der Waals surface area contributed by atoms with Crippen LogP contribution in [0.2, 0.25) is 0 Å². The minimum absolute atomic E-state index is 0.00131. The average molecular weight is 504 g/mol. The maximum absolute atomic E-state index is 13.8. The number of halogens is 4. The van der Waals surface area contributed by atoms with Crippen LogP contribution in [-0.4, -0.2) is 19.7 Å². The standard InChI is InChI=1S/C22H17BrF3N5O/c1-2-3-4-16-8-17-18(6-5-13(9-27)20(17)22(24,25)26)31(16)12-19-29-30-21(32-19)14-7-15(23)11-28-10-14/h5-8,10-11H,2-4,12H2,1H3. The first-order chi connectivity index (χ1) is 15.3. The summed E-state index contributed by atoms with van der Waals surface area (Å²) >= 11 is 3.34. The van der Waals surface area contributed by atoms with E-state index in [1.54, 1.807) is 29.1 Å². The Balaban J connectivity index is 1.80. The molecule has 0 radical (unpaired) electrons. The van der Waals surface area contributed by atoms with Gasteiger partial charge < -0.3 is 8.98 Å². The highest BCUT2D eigenvalue weighted by atomic mass is 79.9. The van der Waals surface area contributed by atoms with Gasteiger partial charge in [-0.3, -0.25) is 4.98 Å². The number of aromatic nitrogens is 4. The van der Waals surface area contributed by atoms with Gasteiger partial charge in [-0.1, -0.05) is 13.3 Å². The van der Waals surface area contributed by atoms with E-state index in [0.29, 0.717) is 23.2 Å². The van der Waals surface area contributed by atoms with Gasteiger partial charge in [-0.25, -0.2) is 0 Å². The van der Waals surface area contributed by atoms with E-state index in [2.05, 4.69) is 31.1 Å². The van der Waals surface area contributed by atoms with Crippen LogP contribution in [0, 0.1) is 11.3 Å². The third-order valence-electron chi connectivity index (χ3n) is 5.07. The molecule has 164 valence electrons. The lowest BCUT2D eigenvalue weighted by molar-refractivity contribution is -0.136. The van der Waals surface area contributed by atoms with E-state index >= 15 is 0 Å². The predicted molar refractivity (Wildman–Crippen MR) is 115 cm³/mol. The second-order valence-corrected chi connectivity index (χ2v) is 8.16. The van der Waals surface area contributed by atoms with Crippen molar-refractivity contribution in [1.82, 2.24) is 19.7 Å². The topological polar surface area (TPSA) is 80.5 Å². The summed E-state index contributed by atoms with van der Waals surface area (Å²) in [5.41, 5.74) is 0.393. The van der Waals surface area contributed by atoms with Crippen molar-refractivity contribution in [3.8, 4) is 17.5 Å². The van der Waals surface area contributed by atoms with E-state index in [1.165, 1.54) is 18.2 Å². The van der Waals surface area contributed by atoms with Gasteiger partial charge in [0.05, 0.1) is 22.8 Å². The van der Waals surface area contributed by atoms with Crippen molar-refractivity contribution in [3.63, 3.8) is 0 Å². The van der Waals surface area contributed by atoms with Crippen LogP contribution in [0.25, 0.3) is 22.4 Å². The molecule has 32 heavy (non-hydrogen) atoms. The van der Waals surface area contributed by atoms with E-state index in [1.807, 2.05) is 6.92 Å². The molecule has 0 fully saturated rings. The SMILES string of the molecule is CCCCc1cc2c(C(F)(F)F)c(C#N)ccc2n1Cc1nnc(-c2cncc(Br)c2)o1. The Morgan fingerprint density at radius 2 is 2.00 bits per heavy atom. The highest BCUT2D eigenvalue weighted by Crippen LogP contribution is 2.39. The highest BCUT2D eigenvalue weighted by molar-refractivity contribution is 9.10. The molecule has 0 bridgehead atoms. The van der Waals surface area contributed by atoms with Crippen molar-refractivity contribution >= 4 is 26.8 Å². The van der Waals surface area contributed by atoms with E-state index in [9.17, 15) is 18.4 Å². The molecule has 10 heteroatoms. The van der Waals surface area contributed by atoms with Crippen molar-refractivity contribution in [2.24, 2.45) is 0 Å². The van der Waals surface area contributed by atoms with Gasteiger partial charge in [-0.15, -0.1) is 10.2 Å². The number of nitriles is 1. The maximum atomic E-state index is 13.8. The number of nitrogens with zero attached hydrogens (tertiary/aromatic N) is 5. The number of pyridine rings is 1. The molecule has 0 atom stereocenters. The third-order valence-corrected chi connectivity index (χ3v) is 5.51. The molecule has 0 spiro atoms. The second kappa shape index (κ2) is 8.74. The second-order valence-electron chi connectivity index (χ2n) is 7.25. The number of hydrogen-bond donors (Lipinski definition) is 0. The molecule has 0 N–H and O–H groups in total. The summed E-state index contributed by atoms with van der Waals surface area (Å²) in [7, 11) is 0. The lowest BCUT2D eigenvalue weighted by Gasteiger charge is -2.11. The number of hydrogen-bond acceptors (Lipinski definition) is 5. The number of fused-ring (bicyclic) bond motifs is 1.